The van der Waals surface area contributed by atoms with Crippen LogP contribution in [-0.4, -0.2) is 15.5 Å². The molecule has 112 valence electrons. The van der Waals surface area contributed by atoms with Crippen LogP contribution in [0.5, 0.6) is 0 Å². The minimum atomic E-state index is -0.0331. The number of nitrogens with zero attached hydrogens (tertiary/aromatic N) is 2. The molecule has 2 heterocycles. The molecule has 5 heteroatoms. The number of nitrogens with one attached hydrogen (secondary N) is 1. The molecular formula is C17H17N3OS. The van der Waals surface area contributed by atoms with E-state index in [1.807, 2.05) is 29.9 Å². The zero-order valence-electron chi connectivity index (χ0n) is 12.3. The highest BCUT2D eigenvalue weighted by Crippen LogP contribution is 2.24. The lowest BCUT2D eigenvalue weighted by Crippen LogP contribution is -2.19. The Morgan fingerprint density at radius 2 is 2.00 bits per heavy atom. The Hall–Kier alpha value is -2.40. The predicted octanol–water partition coefficient (Wildman–Crippen LogP) is 3.87. The first kappa shape index (κ1) is 14.5. The Morgan fingerprint density at radius 1 is 1.27 bits per heavy atom. The summed E-state index contributed by atoms with van der Waals surface area (Å²) in [7, 11) is 0. The first-order chi connectivity index (χ1) is 10.7. The molecule has 1 amide bonds. The molecule has 3 aromatic rings. The lowest BCUT2D eigenvalue weighted by molar-refractivity contribution is -0.116. The van der Waals surface area contributed by atoms with E-state index in [0.29, 0.717) is 11.6 Å². The van der Waals surface area contributed by atoms with Crippen molar-refractivity contribution in [1.82, 2.24) is 9.55 Å². The maximum atomic E-state index is 12.3. The second-order valence-corrected chi connectivity index (χ2v) is 6.04. The first-order valence-corrected chi connectivity index (χ1v) is 7.99. The summed E-state index contributed by atoms with van der Waals surface area (Å²) in [4.78, 5) is 16.4. The van der Waals surface area contributed by atoms with E-state index >= 15 is 0 Å². The minimum Gasteiger partial charge on any atom is -0.346 e. The van der Waals surface area contributed by atoms with Gasteiger partial charge in [0.1, 0.15) is 0 Å². The standard InChI is InChI=1S/C17H17N3OS/c1-13-4-6-14(7-5-13)15(20-9-2-3-10-20)12-16(21)19-17-18-8-11-22-17/h2-11,15H,12H2,1H3,(H,18,19,21). The maximum absolute atomic E-state index is 12.3. The van der Waals surface area contributed by atoms with Crippen molar-refractivity contribution in [1.29, 1.82) is 0 Å². The van der Waals surface area contributed by atoms with Crippen molar-refractivity contribution in [3.63, 3.8) is 0 Å². The van der Waals surface area contributed by atoms with Gasteiger partial charge in [-0.1, -0.05) is 29.8 Å². The van der Waals surface area contributed by atoms with Crippen molar-refractivity contribution in [2.75, 3.05) is 5.32 Å². The van der Waals surface area contributed by atoms with Gasteiger partial charge in [-0.2, -0.15) is 0 Å². The number of anilines is 1. The SMILES string of the molecule is Cc1ccc(C(CC(=O)Nc2nccs2)n2cccc2)cc1. The van der Waals surface area contributed by atoms with Gasteiger partial charge in [0.15, 0.2) is 5.13 Å². The number of benzene rings is 1. The summed E-state index contributed by atoms with van der Waals surface area (Å²) >= 11 is 1.42. The lowest BCUT2D eigenvalue weighted by Gasteiger charge is -2.19. The molecule has 0 aliphatic rings. The molecule has 0 radical (unpaired) electrons. The van der Waals surface area contributed by atoms with Crippen LogP contribution in [0.1, 0.15) is 23.6 Å². The summed E-state index contributed by atoms with van der Waals surface area (Å²) in [6.07, 6.45) is 6.03. The van der Waals surface area contributed by atoms with Gasteiger partial charge in [0.25, 0.3) is 0 Å². The third-order valence-electron chi connectivity index (χ3n) is 3.51. The van der Waals surface area contributed by atoms with Gasteiger partial charge in [-0.05, 0) is 24.6 Å². The lowest BCUT2D eigenvalue weighted by atomic mass is 10.0. The Bertz CT molecular complexity index is 718. The van der Waals surface area contributed by atoms with Gasteiger partial charge in [-0.25, -0.2) is 4.98 Å². The van der Waals surface area contributed by atoms with Crippen molar-refractivity contribution in [2.24, 2.45) is 0 Å². The number of hydrogen-bond donors (Lipinski definition) is 1. The van der Waals surface area contributed by atoms with Crippen LogP contribution in [0.15, 0.2) is 60.4 Å². The van der Waals surface area contributed by atoms with Gasteiger partial charge in [0.05, 0.1) is 12.5 Å². The minimum absolute atomic E-state index is 0.0180. The number of carbonyl (C=O) groups is 1. The molecule has 22 heavy (non-hydrogen) atoms. The van der Waals surface area contributed by atoms with E-state index in [1.54, 1.807) is 6.20 Å². The molecule has 0 spiro atoms. The largest absolute Gasteiger partial charge is 0.346 e. The zero-order valence-corrected chi connectivity index (χ0v) is 13.1. The number of rotatable bonds is 5. The van der Waals surface area contributed by atoms with E-state index in [1.165, 1.54) is 16.9 Å². The van der Waals surface area contributed by atoms with Gasteiger partial charge in [0.2, 0.25) is 5.91 Å². The number of hydrogen-bond acceptors (Lipinski definition) is 3. The fourth-order valence-electron chi connectivity index (χ4n) is 2.37. The molecule has 0 saturated carbocycles. The maximum Gasteiger partial charge on any atom is 0.228 e. The number of aromatic nitrogens is 2. The Labute approximate surface area is 133 Å². The fraction of sp³-hybridized carbons (Fsp3) is 0.176. The average molecular weight is 311 g/mol. The van der Waals surface area contributed by atoms with Gasteiger partial charge in [-0.3, -0.25) is 4.79 Å². The third-order valence-corrected chi connectivity index (χ3v) is 4.20. The van der Waals surface area contributed by atoms with Crippen molar-refractivity contribution in [3.05, 3.63) is 71.5 Å². The van der Waals surface area contributed by atoms with E-state index in [4.69, 9.17) is 0 Å². The van der Waals surface area contributed by atoms with E-state index < -0.39 is 0 Å². The zero-order chi connectivity index (χ0) is 15.4. The highest BCUT2D eigenvalue weighted by atomic mass is 32.1. The molecule has 0 aliphatic carbocycles. The molecule has 1 N–H and O–H groups in total. The van der Waals surface area contributed by atoms with E-state index in [0.717, 1.165) is 5.56 Å². The summed E-state index contributed by atoms with van der Waals surface area (Å²) in [5, 5.41) is 5.34. The molecule has 2 aromatic heterocycles. The molecular weight excluding hydrogens is 294 g/mol. The van der Waals surface area contributed by atoms with E-state index in [2.05, 4.69) is 46.1 Å². The molecule has 0 bridgehead atoms. The smallest absolute Gasteiger partial charge is 0.228 e. The molecule has 0 aliphatic heterocycles. The Balaban J connectivity index is 1.80. The molecule has 3 rings (SSSR count). The van der Waals surface area contributed by atoms with Crippen LogP contribution in [-0.2, 0) is 4.79 Å². The second-order valence-electron chi connectivity index (χ2n) is 5.15. The van der Waals surface area contributed by atoms with Crippen LogP contribution < -0.4 is 5.32 Å². The summed E-state index contributed by atoms with van der Waals surface area (Å²) in [6, 6.07) is 12.2. The van der Waals surface area contributed by atoms with Crippen molar-refractivity contribution >= 4 is 22.4 Å². The quantitative estimate of drug-likeness (QED) is 0.777. The number of aryl methyl sites for hydroxylation is 1. The van der Waals surface area contributed by atoms with Crippen LogP contribution in [0.4, 0.5) is 5.13 Å². The van der Waals surface area contributed by atoms with Gasteiger partial charge in [-0.15, -0.1) is 11.3 Å². The van der Waals surface area contributed by atoms with Crippen LogP contribution in [0.25, 0.3) is 0 Å². The number of thiazole rings is 1. The van der Waals surface area contributed by atoms with Crippen LogP contribution >= 0.6 is 11.3 Å². The molecule has 1 atom stereocenters. The average Bonchev–Trinajstić information content (AvgIpc) is 3.19. The highest BCUT2D eigenvalue weighted by molar-refractivity contribution is 7.13. The predicted molar refractivity (Wildman–Crippen MR) is 89.1 cm³/mol. The van der Waals surface area contributed by atoms with Gasteiger partial charge < -0.3 is 9.88 Å². The molecule has 1 aromatic carbocycles. The molecule has 0 fully saturated rings. The second kappa shape index (κ2) is 6.58. The number of carbonyl (C=O) groups excluding carboxylic acids is 1. The highest BCUT2D eigenvalue weighted by Gasteiger charge is 2.17. The molecule has 1 unspecified atom stereocenters. The third kappa shape index (κ3) is 3.43. The topological polar surface area (TPSA) is 46.9 Å². The Morgan fingerprint density at radius 3 is 2.64 bits per heavy atom. The van der Waals surface area contributed by atoms with Crippen LogP contribution in [0.3, 0.4) is 0 Å². The normalized spacial score (nSPS) is 12.0. The first-order valence-electron chi connectivity index (χ1n) is 7.11. The Kier molecular flexibility index (Phi) is 4.34. The molecule has 4 nitrogen and oxygen atoms in total. The van der Waals surface area contributed by atoms with Crippen LogP contribution in [0, 0.1) is 6.92 Å². The van der Waals surface area contributed by atoms with Gasteiger partial charge in [0, 0.05) is 24.0 Å². The summed E-state index contributed by atoms with van der Waals surface area (Å²) in [6.45, 7) is 2.06. The number of amides is 1. The van der Waals surface area contributed by atoms with E-state index in [-0.39, 0.29) is 11.9 Å². The van der Waals surface area contributed by atoms with Crippen LogP contribution in [0.2, 0.25) is 0 Å². The monoisotopic (exact) mass is 311 g/mol. The fourth-order valence-corrected chi connectivity index (χ4v) is 2.92. The van der Waals surface area contributed by atoms with Crippen molar-refractivity contribution in [3.8, 4) is 0 Å². The van der Waals surface area contributed by atoms with Crippen molar-refractivity contribution in [2.45, 2.75) is 19.4 Å². The summed E-state index contributed by atoms with van der Waals surface area (Å²) in [5.74, 6) is -0.0331. The van der Waals surface area contributed by atoms with E-state index in [9.17, 15) is 4.79 Å². The summed E-state index contributed by atoms with van der Waals surface area (Å²) < 4.78 is 2.06. The summed E-state index contributed by atoms with van der Waals surface area (Å²) in [5.41, 5.74) is 2.33. The van der Waals surface area contributed by atoms with Gasteiger partial charge >= 0.3 is 0 Å². The van der Waals surface area contributed by atoms with Crippen molar-refractivity contribution < 1.29 is 4.79 Å². The molecule has 0 saturated heterocycles.